The van der Waals surface area contributed by atoms with E-state index in [2.05, 4.69) is 58.6 Å². The summed E-state index contributed by atoms with van der Waals surface area (Å²) in [4.78, 5) is 4.37. The molecule has 0 aliphatic heterocycles. The molecule has 0 aliphatic carbocycles. The lowest BCUT2D eigenvalue weighted by molar-refractivity contribution is 0.871. The highest BCUT2D eigenvalue weighted by Crippen LogP contribution is 2.20. The number of benzene rings is 1. The SMILES string of the molecule is Cc1ccc(C(C)Nc2nccn3c(C)nnc23)cc1. The number of hydrogen-bond donors (Lipinski definition) is 1. The van der Waals surface area contributed by atoms with Gasteiger partial charge in [0.15, 0.2) is 5.82 Å². The first-order valence-corrected chi connectivity index (χ1v) is 6.64. The Morgan fingerprint density at radius 1 is 1.10 bits per heavy atom. The van der Waals surface area contributed by atoms with Gasteiger partial charge in [-0.3, -0.25) is 4.40 Å². The van der Waals surface area contributed by atoms with Crippen molar-refractivity contribution >= 4 is 11.5 Å². The number of nitrogens with zero attached hydrogens (tertiary/aromatic N) is 4. The van der Waals surface area contributed by atoms with Gasteiger partial charge in [0, 0.05) is 12.4 Å². The minimum Gasteiger partial charge on any atom is -0.360 e. The molecule has 1 unspecified atom stereocenters. The summed E-state index contributed by atoms with van der Waals surface area (Å²) in [7, 11) is 0. The molecule has 3 aromatic rings. The summed E-state index contributed by atoms with van der Waals surface area (Å²) in [6.07, 6.45) is 3.62. The Balaban J connectivity index is 1.91. The first kappa shape index (κ1) is 12.6. The van der Waals surface area contributed by atoms with Crippen molar-refractivity contribution in [3.8, 4) is 0 Å². The molecule has 2 aromatic heterocycles. The summed E-state index contributed by atoms with van der Waals surface area (Å²) >= 11 is 0. The smallest absolute Gasteiger partial charge is 0.203 e. The Morgan fingerprint density at radius 3 is 2.60 bits per heavy atom. The van der Waals surface area contributed by atoms with Gasteiger partial charge in [0.2, 0.25) is 5.65 Å². The maximum atomic E-state index is 4.37. The van der Waals surface area contributed by atoms with E-state index in [1.165, 1.54) is 11.1 Å². The lowest BCUT2D eigenvalue weighted by Gasteiger charge is -2.15. The summed E-state index contributed by atoms with van der Waals surface area (Å²) in [5.41, 5.74) is 3.23. The van der Waals surface area contributed by atoms with Crippen LogP contribution in [0, 0.1) is 13.8 Å². The van der Waals surface area contributed by atoms with Gasteiger partial charge < -0.3 is 5.32 Å². The van der Waals surface area contributed by atoms with Crippen molar-refractivity contribution in [2.45, 2.75) is 26.8 Å². The van der Waals surface area contributed by atoms with E-state index in [1.807, 2.05) is 17.5 Å². The van der Waals surface area contributed by atoms with E-state index in [-0.39, 0.29) is 6.04 Å². The van der Waals surface area contributed by atoms with Crippen LogP contribution in [0.2, 0.25) is 0 Å². The highest BCUT2D eigenvalue weighted by Gasteiger charge is 2.11. The second-order valence-corrected chi connectivity index (χ2v) is 4.99. The largest absolute Gasteiger partial charge is 0.360 e. The van der Waals surface area contributed by atoms with E-state index in [0.29, 0.717) is 0 Å². The summed E-state index contributed by atoms with van der Waals surface area (Å²) in [6.45, 7) is 6.12. The molecular weight excluding hydrogens is 250 g/mol. The zero-order valence-corrected chi connectivity index (χ0v) is 11.8. The van der Waals surface area contributed by atoms with Crippen LogP contribution in [0.25, 0.3) is 5.65 Å². The van der Waals surface area contributed by atoms with Crippen LogP contribution in [0.5, 0.6) is 0 Å². The van der Waals surface area contributed by atoms with Crippen molar-refractivity contribution < 1.29 is 0 Å². The van der Waals surface area contributed by atoms with Gasteiger partial charge in [-0.05, 0) is 26.3 Å². The second kappa shape index (κ2) is 4.92. The highest BCUT2D eigenvalue weighted by molar-refractivity contribution is 5.62. The molecule has 0 bridgehead atoms. The fourth-order valence-electron chi connectivity index (χ4n) is 2.19. The third-order valence-corrected chi connectivity index (χ3v) is 3.43. The standard InChI is InChI=1S/C15H17N5/c1-10-4-6-13(7-5-10)11(2)17-14-15-19-18-12(3)20(15)9-8-16-14/h4-9,11H,1-3H3,(H,16,17). The molecule has 0 spiro atoms. The molecular formula is C15H17N5. The average Bonchev–Trinajstić information content (AvgIpc) is 2.82. The summed E-state index contributed by atoms with van der Waals surface area (Å²) in [5, 5.41) is 11.6. The molecule has 2 heterocycles. The van der Waals surface area contributed by atoms with E-state index in [9.17, 15) is 0 Å². The molecule has 1 N–H and O–H groups in total. The lowest BCUT2D eigenvalue weighted by atomic mass is 10.1. The maximum Gasteiger partial charge on any atom is 0.203 e. The van der Waals surface area contributed by atoms with E-state index in [1.54, 1.807) is 6.20 Å². The Hall–Kier alpha value is -2.43. The van der Waals surface area contributed by atoms with E-state index >= 15 is 0 Å². The molecule has 0 saturated carbocycles. The van der Waals surface area contributed by atoms with E-state index < -0.39 is 0 Å². The molecule has 0 fully saturated rings. The van der Waals surface area contributed by atoms with Crippen molar-refractivity contribution in [1.29, 1.82) is 0 Å². The number of aromatic nitrogens is 4. The molecule has 5 heteroatoms. The number of aryl methyl sites for hydroxylation is 2. The van der Waals surface area contributed by atoms with Gasteiger partial charge in [-0.15, -0.1) is 10.2 Å². The summed E-state index contributed by atoms with van der Waals surface area (Å²) in [5.74, 6) is 1.61. The van der Waals surface area contributed by atoms with Crippen molar-refractivity contribution in [2.75, 3.05) is 5.32 Å². The van der Waals surface area contributed by atoms with Gasteiger partial charge in [-0.1, -0.05) is 29.8 Å². The van der Waals surface area contributed by atoms with Crippen LogP contribution >= 0.6 is 0 Å². The minimum atomic E-state index is 0.159. The normalized spacial score (nSPS) is 12.6. The van der Waals surface area contributed by atoms with Crippen molar-refractivity contribution in [2.24, 2.45) is 0 Å². The van der Waals surface area contributed by atoms with E-state index in [0.717, 1.165) is 17.3 Å². The van der Waals surface area contributed by atoms with Gasteiger partial charge in [0.25, 0.3) is 0 Å². The number of fused-ring (bicyclic) bond motifs is 1. The molecule has 3 rings (SSSR count). The molecule has 1 aromatic carbocycles. The third kappa shape index (κ3) is 2.22. The summed E-state index contributed by atoms with van der Waals surface area (Å²) < 4.78 is 1.93. The third-order valence-electron chi connectivity index (χ3n) is 3.43. The van der Waals surface area contributed by atoms with Crippen LogP contribution < -0.4 is 5.32 Å². The summed E-state index contributed by atoms with van der Waals surface area (Å²) in [6, 6.07) is 8.64. The molecule has 5 nitrogen and oxygen atoms in total. The van der Waals surface area contributed by atoms with Crippen LogP contribution in [-0.2, 0) is 0 Å². The fraction of sp³-hybridized carbons (Fsp3) is 0.267. The van der Waals surface area contributed by atoms with Gasteiger partial charge in [-0.2, -0.15) is 0 Å². The average molecular weight is 267 g/mol. The molecule has 0 radical (unpaired) electrons. The monoisotopic (exact) mass is 267 g/mol. The van der Waals surface area contributed by atoms with Crippen LogP contribution in [0.15, 0.2) is 36.7 Å². The molecule has 1 atom stereocenters. The van der Waals surface area contributed by atoms with Gasteiger partial charge >= 0.3 is 0 Å². The molecule has 0 amide bonds. The first-order valence-electron chi connectivity index (χ1n) is 6.64. The van der Waals surface area contributed by atoms with Gasteiger partial charge in [0.1, 0.15) is 5.82 Å². The Labute approximate surface area is 117 Å². The number of nitrogens with one attached hydrogen (secondary N) is 1. The zero-order valence-electron chi connectivity index (χ0n) is 11.8. The predicted molar refractivity (Wildman–Crippen MR) is 78.7 cm³/mol. The van der Waals surface area contributed by atoms with E-state index in [4.69, 9.17) is 0 Å². The molecule has 0 saturated heterocycles. The first-order chi connectivity index (χ1) is 9.65. The Bertz CT molecular complexity index is 730. The molecule has 102 valence electrons. The number of rotatable bonds is 3. The van der Waals surface area contributed by atoms with Crippen LogP contribution in [0.3, 0.4) is 0 Å². The van der Waals surface area contributed by atoms with Crippen molar-refractivity contribution in [1.82, 2.24) is 19.6 Å². The number of anilines is 1. The van der Waals surface area contributed by atoms with Crippen molar-refractivity contribution in [3.05, 3.63) is 53.6 Å². The highest BCUT2D eigenvalue weighted by atomic mass is 15.3. The van der Waals surface area contributed by atoms with Crippen LogP contribution in [0.4, 0.5) is 5.82 Å². The van der Waals surface area contributed by atoms with Gasteiger partial charge in [-0.25, -0.2) is 4.98 Å². The quantitative estimate of drug-likeness (QED) is 0.792. The van der Waals surface area contributed by atoms with Gasteiger partial charge in [0.05, 0.1) is 6.04 Å². The minimum absolute atomic E-state index is 0.159. The molecule has 20 heavy (non-hydrogen) atoms. The van der Waals surface area contributed by atoms with Crippen molar-refractivity contribution in [3.63, 3.8) is 0 Å². The lowest BCUT2D eigenvalue weighted by Crippen LogP contribution is -2.09. The Morgan fingerprint density at radius 2 is 1.85 bits per heavy atom. The van der Waals surface area contributed by atoms with Crippen LogP contribution in [0.1, 0.15) is 29.9 Å². The zero-order chi connectivity index (χ0) is 14.1. The topological polar surface area (TPSA) is 55.1 Å². The van der Waals surface area contributed by atoms with Crippen LogP contribution in [-0.4, -0.2) is 19.6 Å². The predicted octanol–water partition coefficient (Wildman–Crippen LogP) is 2.91. The second-order valence-electron chi connectivity index (χ2n) is 4.99. The number of hydrogen-bond acceptors (Lipinski definition) is 4. The Kier molecular flexibility index (Phi) is 3.10. The molecule has 0 aliphatic rings. The fourth-order valence-corrected chi connectivity index (χ4v) is 2.19. The maximum absolute atomic E-state index is 4.37.